The van der Waals surface area contributed by atoms with Gasteiger partial charge in [-0.3, -0.25) is 14.6 Å². The number of anilines is 2. The van der Waals surface area contributed by atoms with Gasteiger partial charge in [0.05, 0.1) is 11.9 Å². The molecule has 98 valence electrons. The van der Waals surface area contributed by atoms with Crippen LogP contribution in [-0.4, -0.2) is 27.1 Å². The predicted molar refractivity (Wildman–Crippen MR) is 72.7 cm³/mol. The number of nitrogens with zero attached hydrogens (tertiary/aromatic N) is 2. The van der Waals surface area contributed by atoms with E-state index in [2.05, 4.69) is 20.3 Å². The lowest BCUT2D eigenvalue weighted by atomic mass is 10.3. The van der Waals surface area contributed by atoms with Crippen LogP contribution in [0, 0.1) is 0 Å². The van der Waals surface area contributed by atoms with E-state index < -0.39 is 11.5 Å². The number of amides is 1. The minimum atomic E-state index is -0.840. The van der Waals surface area contributed by atoms with Gasteiger partial charge in [0.2, 0.25) is 0 Å². The molecule has 0 aliphatic carbocycles. The maximum atomic E-state index is 11.8. The molecule has 0 bridgehead atoms. The first kappa shape index (κ1) is 13.1. The first-order valence-corrected chi connectivity index (χ1v) is 6.49. The summed E-state index contributed by atoms with van der Waals surface area (Å²) in [6.07, 6.45) is 4.92. The summed E-state index contributed by atoms with van der Waals surface area (Å²) >= 11 is 1.25. The van der Waals surface area contributed by atoms with Crippen molar-refractivity contribution in [3.8, 4) is 0 Å². The summed E-state index contributed by atoms with van der Waals surface area (Å²) in [6.45, 7) is 0. The molecule has 7 nitrogen and oxygen atoms in total. The average Bonchev–Trinajstić information content (AvgIpc) is 2.38. The number of primary amides is 1. The topological polar surface area (TPSA) is 114 Å². The van der Waals surface area contributed by atoms with Crippen LogP contribution in [0.15, 0.2) is 34.5 Å². The van der Waals surface area contributed by atoms with Crippen molar-refractivity contribution in [2.75, 3.05) is 11.6 Å². The van der Waals surface area contributed by atoms with Gasteiger partial charge in [-0.2, -0.15) is 0 Å². The Bertz CT molecular complexity index is 656. The molecule has 2 heterocycles. The van der Waals surface area contributed by atoms with Crippen molar-refractivity contribution in [2.45, 2.75) is 5.16 Å². The van der Waals surface area contributed by atoms with E-state index in [0.29, 0.717) is 10.8 Å². The molecule has 1 amide bonds. The Hall–Kier alpha value is -2.35. The van der Waals surface area contributed by atoms with E-state index in [1.165, 1.54) is 11.8 Å². The molecule has 8 heteroatoms. The standard InChI is InChI=1S/C11H11N5O2S/c1-19-11-15-9(7(8(12)17)10(18)16-11)14-6-3-2-4-13-5-6/h2-5H,1H3,(H2,12,17)(H2,14,15,16,18). The normalized spacial score (nSPS) is 10.2. The molecule has 0 radical (unpaired) electrons. The lowest BCUT2D eigenvalue weighted by molar-refractivity contribution is 0.0999. The number of hydrogen-bond donors (Lipinski definition) is 3. The summed E-state index contributed by atoms with van der Waals surface area (Å²) in [6, 6.07) is 3.45. The molecule has 2 aromatic heterocycles. The molecular weight excluding hydrogens is 266 g/mol. The Labute approximate surface area is 112 Å². The van der Waals surface area contributed by atoms with Crippen LogP contribution in [0.2, 0.25) is 0 Å². The van der Waals surface area contributed by atoms with Gasteiger partial charge >= 0.3 is 0 Å². The number of aromatic amines is 1. The van der Waals surface area contributed by atoms with Crippen LogP contribution >= 0.6 is 11.8 Å². The Kier molecular flexibility index (Phi) is 3.81. The zero-order valence-corrected chi connectivity index (χ0v) is 10.8. The molecule has 0 aliphatic heterocycles. The van der Waals surface area contributed by atoms with E-state index in [9.17, 15) is 9.59 Å². The molecule has 19 heavy (non-hydrogen) atoms. The van der Waals surface area contributed by atoms with E-state index in [1.807, 2.05) is 0 Å². The highest BCUT2D eigenvalue weighted by atomic mass is 32.2. The molecule has 0 spiro atoms. The lowest BCUT2D eigenvalue weighted by Crippen LogP contribution is -2.26. The smallest absolute Gasteiger partial charge is 0.266 e. The number of carbonyl (C=O) groups excluding carboxylic acids is 1. The van der Waals surface area contributed by atoms with Crippen LogP contribution in [0.5, 0.6) is 0 Å². The third kappa shape index (κ3) is 2.91. The summed E-state index contributed by atoms with van der Waals surface area (Å²) < 4.78 is 0. The Morgan fingerprint density at radius 1 is 1.53 bits per heavy atom. The van der Waals surface area contributed by atoms with Crippen molar-refractivity contribution in [2.24, 2.45) is 5.73 Å². The summed E-state index contributed by atoms with van der Waals surface area (Å²) in [7, 11) is 0. The second-order valence-electron chi connectivity index (χ2n) is 3.53. The molecule has 0 aromatic carbocycles. The highest BCUT2D eigenvalue weighted by Crippen LogP contribution is 2.17. The van der Waals surface area contributed by atoms with Crippen LogP contribution in [0.1, 0.15) is 10.4 Å². The number of aromatic nitrogens is 3. The fraction of sp³-hybridized carbons (Fsp3) is 0.0909. The van der Waals surface area contributed by atoms with Crippen LogP contribution in [0.25, 0.3) is 0 Å². The number of H-pyrrole nitrogens is 1. The number of thioether (sulfide) groups is 1. The van der Waals surface area contributed by atoms with Gasteiger partial charge in [0, 0.05) is 6.20 Å². The van der Waals surface area contributed by atoms with E-state index in [0.717, 1.165) is 0 Å². The first-order valence-electron chi connectivity index (χ1n) is 5.27. The van der Waals surface area contributed by atoms with Crippen LogP contribution in [0.4, 0.5) is 11.5 Å². The largest absolute Gasteiger partial charge is 0.365 e. The molecule has 2 rings (SSSR count). The van der Waals surface area contributed by atoms with Gasteiger partial charge in [0.15, 0.2) is 11.0 Å². The van der Waals surface area contributed by atoms with Gasteiger partial charge in [-0.25, -0.2) is 4.98 Å². The van der Waals surface area contributed by atoms with Crippen molar-refractivity contribution in [3.63, 3.8) is 0 Å². The van der Waals surface area contributed by atoms with E-state index in [1.54, 1.807) is 30.8 Å². The molecule has 0 saturated carbocycles. The lowest BCUT2D eigenvalue weighted by Gasteiger charge is -2.09. The number of hydrogen-bond acceptors (Lipinski definition) is 6. The number of pyridine rings is 1. The molecule has 0 unspecified atom stereocenters. The van der Waals surface area contributed by atoms with Crippen LogP contribution in [-0.2, 0) is 0 Å². The molecule has 0 fully saturated rings. The molecule has 2 aromatic rings. The molecule has 0 atom stereocenters. The fourth-order valence-corrected chi connectivity index (χ4v) is 1.82. The number of carbonyl (C=O) groups is 1. The highest BCUT2D eigenvalue weighted by molar-refractivity contribution is 7.98. The number of nitrogens with two attached hydrogens (primary N) is 1. The zero-order chi connectivity index (χ0) is 13.8. The predicted octanol–water partition coefficient (Wildman–Crippen LogP) is 0.729. The Morgan fingerprint density at radius 3 is 2.89 bits per heavy atom. The van der Waals surface area contributed by atoms with Crippen molar-refractivity contribution in [3.05, 3.63) is 40.4 Å². The first-order chi connectivity index (χ1) is 9.11. The second kappa shape index (κ2) is 5.53. The maximum absolute atomic E-state index is 11.8. The van der Waals surface area contributed by atoms with Gasteiger partial charge < -0.3 is 16.0 Å². The Morgan fingerprint density at radius 2 is 2.32 bits per heavy atom. The van der Waals surface area contributed by atoms with Crippen molar-refractivity contribution < 1.29 is 4.79 Å². The van der Waals surface area contributed by atoms with E-state index in [4.69, 9.17) is 5.73 Å². The number of rotatable bonds is 4. The van der Waals surface area contributed by atoms with Crippen molar-refractivity contribution >= 4 is 29.2 Å². The SMILES string of the molecule is CSc1nc(Nc2cccnc2)c(C(N)=O)c(=O)[nH]1. The van der Waals surface area contributed by atoms with Gasteiger partial charge in [-0.1, -0.05) is 11.8 Å². The molecule has 4 N–H and O–H groups in total. The van der Waals surface area contributed by atoms with Crippen LogP contribution < -0.4 is 16.6 Å². The molecule has 0 saturated heterocycles. The number of nitrogens with one attached hydrogen (secondary N) is 2. The average molecular weight is 277 g/mol. The summed E-state index contributed by atoms with van der Waals surface area (Å²) in [5, 5.41) is 3.25. The van der Waals surface area contributed by atoms with Gasteiger partial charge in [0.25, 0.3) is 11.5 Å². The minimum absolute atomic E-state index is 0.119. The van der Waals surface area contributed by atoms with Gasteiger partial charge in [-0.05, 0) is 18.4 Å². The highest BCUT2D eigenvalue weighted by Gasteiger charge is 2.16. The summed E-state index contributed by atoms with van der Waals surface area (Å²) in [4.78, 5) is 33.7. The van der Waals surface area contributed by atoms with Crippen LogP contribution in [0.3, 0.4) is 0 Å². The molecular formula is C11H11N5O2S. The minimum Gasteiger partial charge on any atom is -0.365 e. The quantitative estimate of drug-likeness (QED) is 0.560. The Balaban J connectivity index is 2.51. The van der Waals surface area contributed by atoms with Gasteiger partial charge in [0.1, 0.15) is 5.56 Å². The zero-order valence-electron chi connectivity index (χ0n) is 10.0. The van der Waals surface area contributed by atoms with Crippen molar-refractivity contribution in [1.29, 1.82) is 0 Å². The second-order valence-corrected chi connectivity index (χ2v) is 4.32. The maximum Gasteiger partial charge on any atom is 0.266 e. The third-order valence-corrected chi connectivity index (χ3v) is 2.84. The fourth-order valence-electron chi connectivity index (χ4n) is 1.44. The van der Waals surface area contributed by atoms with Gasteiger partial charge in [-0.15, -0.1) is 0 Å². The summed E-state index contributed by atoms with van der Waals surface area (Å²) in [5.74, 6) is -0.721. The summed E-state index contributed by atoms with van der Waals surface area (Å²) in [5.41, 5.74) is 5.03. The third-order valence-electron chi connectivity index (χ3n) is 2.26. The van der Waals surface area contributed by atoms with E-state index >= 15 is 0 Å². The monoisotopic (exact) mass is 277 g/mol. The van der Waals surface area contributed by atoms with E-state index in [-0.39, 0.29) is 11.4 Å². The molecule has 0 aliphatic rings. The van der Waals surface area contributed by atoms with Crippen molar-refractivity contribution in [1.82, 2.24) is 15.0 Å².